The molecule has 0 amide bonds. The molecule has 0 aliphatic rings. The highest BCUT2D eigenvalue weighted by Crippen LogP contribution is 2.31. The van der Waals surface area contributed by atoms with Crippen molar-refractivity contribution in [1.29, 1.82) is 0 Å². The lowest BCUT2D eigenvalue weighted by Crippen LogP contribution is -2.18. The van der Waals surface area contributed by atoms with Gasteiger partial charge in [0.05, 0.1) is 17.5 Å². The number of ether oxygens (including phenoxy) is 1. The first-order valence-corrected chi connectivity index (χ1v) is 6.49. The Balaban J connectivity index is 2.87. The summed E-state index contributed by atoms with van der Waals surface area (Å²) in [5.41, 5.74) is 1.19. The average Bonchev–Trinajstić information content (AvgIpc) is 2.36. The van der Waals surface area contributed by atoms with Gasteiger partial charge in [0.2, 0.25) is 0 Å². The normalized spacial score (nSPS) is 13.8. The lowest BCUT2D eigenvalue weighted by atomic mass is 10.1. The van der Waals surface area contributed by atoms with Gasteiger partial charge in [0.25, 0.3) is 0 Å². The summed E-state index contributed by atoms with van der Waals surface area (Å²) in [5.74, 6) is -1.37. The Morgan fingerprint density at radius 2 is 1.76 bits per heavy atom. The average molecular weight is 366 g/mol. The van der Waals surface area contributed by atoms with Crippen LogP contribution in [0.4, 0.5) is 0 Å². The van der Waals surface area contributed by atoms with Crippen LogP contribution in [0.1, 0.15) is 20.7 Å². The zero-order chi connectivity index (χ0) is 13.0. The fourth-order valence-corrected chi connectivity index (χ4v) is 2.05. The van der Waals surface area contributed by atoms with Crippen molar-refractivity contribution >= 4 is 43.8 Å². The predicted octanol–water partition coefficient (Wildman–Crippen LogP) is 2.76. The molecule has 0 saturated carbocycles. The third-order valence-electron chi connectivity index (χ3n) is 2.14. The summed E-state index contributed by atoms with van der Waals surface area (Å²) < 4.78 is 4.57. The highest BCUT2D eigenvalue weighted by atomic mass is 79.9. The summed E-state index contributed by atoms with van der Waals surface area (Å²) in [6.45, 7) is 0. The van der Waals surface area contributed by atoms with E-state index in [0.29, 0.717) is 5.56 Å². The molecule has 0 radical (unpaired) electrons. The van der Waals surface area contributed by atoms with Gasteiger partial charge in [-0.15, -0.1) is 0 Å². The molecule has 0 aliphatic heterocycles. The zero-order valence-electron chi connectivity index (χ0n) is 8.89. The van der Waals surface area contributed by atoms with Crippen molar-refractivity contribution in [2.24, 2.45) is 0 Å². The van der Waals surface area contributed by atoms with E-state index in [1.165, 1.54) is 7.11 Å². The van der Waals surface area contributed by atoms with E-state index in [9.17, 15) is 9.59 Å². The number of esters is 1. The number of carboxylic acid groups (broad SMARTS) is 1. The number of hydrogen-bond acceptors (Lipinski definition) is 3. The largest absolute Gasteiger partial charge is 0.480 e. The third-order valence-corrected chi connectivity index (χ3v) is 4.83. The Labute approximate surface area is 115 Å². The van der Waals surface area contributed by atoms with Crippen LogP contribution in [0.2, 0.25) is 0 Å². The number of rotatable bonds is 4. The van der Waals surface area contributed by atoms with Crippen molar-refractivity contribution in [3.05, 3.63) is 35.4 Å². The van der Waals surface area contributed by atoms with E-state index in [1.807, 2.05) is 0 Å². The first kappa shape index (κ1) is 14.2. The van der Waals surface area contributed by atoms with E-state index >= 15 is 0 Å². The number of hydrogen-bond donors (Lipinski definition) is 1. The number of carboxylic acids is 1. The molecule has 1 aromatic carbocycles. The lowest BCUT2D eigenvalue weighted by Gasteiger charge is -2.13. The molecule has 0 fully saturated rings. The van der Waals surface area contributed by atoms with Gasteiger partial charge in [-0.1, -0.05) is 44.0 Å². The van der Waals surface area contributed by atoms with E-state index in [-0.39, 0.29) is 4.83 Å². The summed E-state index contributed by atoms with van der Waals surface area (Å²) in [4.78, 5) is 20.9. The third kappa shape index (κ3) is 3.54. The Morgan fingerprint density at radius 3 is 2.18 bits per heavy atom. The first-order chi connectivity index (χ1) is 7.97. The molecule has 1 N–H and O–H groups in total. The SMILES string of the molecule is COC(=O)c1ccc([C@H](Br)[C@H](Br)C(=O)O)cc1. The first-order valence-electron chi connectivity index (χ1n) is 4.66. The maximum Gasteiger partial charge on any atom is 0.337 e. The summed E-state index contributed by atoms with van der Waals surface area (Å²) in [6, 6.07) is 6.56. The topological polar surface area (TPSA) is 63.6 Å². The van der Waals surface area contributed by atoms with E-state index < -0.39 is 16.8 Å². The van der Waals surface area contributed by atoms with Crippen molar-refractivity contribution in [3.63, 3.8) is 0 Å². The van der Waals surface area contributed by atoms with Crippen molar-refractivity contribution in [2.45, 2.75) is 9.65 Å². The fraction of sp³-hybridized carbons (Fsp3) is 0.273. The minimum Gasteiger partial charge on any atom is -0.480 e. The maximum atomic E-state index is 11.2. The molecule has 17 heavy (non-hydrogen) atoms. The van der Waals surface area contributed by atoms with E-state index in [2.05, 4.69) is 36.6 Å². The molecule has 0 aromatic heterocycles. The number of alkyl halides is 2. The molecule has 0 saturated heterocycles. The number of benzene rings is 1. The zero-order valence-corrected chi connectivity index (χ0v) is 12.1. The summed E-state index contributed by atoms with van der Waals surface area (Å²) in [6.07, 6.45) is 0. The molecule has 92 valence electrons. The highest BCUT2D eigenvalue weighted by Gasteiger charge is 2.24. The van der Waals surface area contributed by atoms with Gasteiger partial charge in [0, 0.05) is 0 Å². The fourth-order valence-electron chi connectivity index (χ4n) is 1.22. The predicted molar refractivity (Wildman–Crippen MR) is 69.8 cm³/mol. The number of methoxy groups -OCH3 is 1. The second kappa shape index (κ2) is 6.16. The standard InChI is InChI=1S/C11H10Br2O4/c1-17-11(16)7-4-2-6(3-5-7)8(12)9(13)10(14)15/h2-5,8-9H,1H3,(H,14,15)/t8-,9-/m0/s1. The molecule has 0 unspecified atom stereocenters. The quantitative estimate of drug-likeness (QED) is 0.658. The van der Waals surface area contributed by atoms with Crippen LogP contribution in [0, 0.1) is 0 Å². The Kier molecular flexibility index (Phi) is 5.14. The number of carbonyl (C=O) groups is 2. The minimum atomic E-state index is -0.955. The Hall–Kier alpha value is -0.880. The van der Waals surface area contributed by atoms with Crippen LogP contribution in [-0.2, 0) is 9.53 Å². The van der Waals surface area contributed by atoms with E-state index in [1.54, 1.807) is 24.3 Å². The lowest BCUT2D eigenvalue weighted by molar-refractivity contribution is -0.136. The molecule has 0 bridgehead atoms. The van der Waals surface area contributed by atoms with Gasteiger partial charge in [-0.2, -0.15) is 0 Å². The summed E-state index contributed by atoms with van der Waals surface area (Å²) in [5, 5.41) is 8.84. The molecule has 1 aromatic rings. The van der Waals surface area contributed by atoms with E-state index in [0.717, 1.165) is 5.56 Å². The highest BCUT2D eigenvalue weighted by molar-refractivity contribution is 9.12. The smallest absolute Gasteiger partial charge is 0.337 e. The number of halogens is 2. The maximum absolute atomic E-state index is 11.2. The summed E-state index contributed by atoms with van der Waals surface area (Å²) >= 11 is 6.35. The Bertz CT molecular complexity index is 416. The van der Waals surface area contributed by atoms with Crippen molar-refractivity contribution < 1.29 is 19.4 Å². The molecule has 1 rings (SSSR count). The van der Waals surface area contributed by atoms with Crippen molar-refractivity contribution in [3.8, 4) is 0 Å². The summed E-state index contributed by atoms with van der Waals surface area (Å²) in [7, 11) is 1.31. The van der Waals surface area contributed by atoms with Gasteiger partial charge in [-0.3, -0.25) is 4.79 Å². The van der Waals surface area contributed by atoms with Gasteiger partial charge < -0.3 is 9.84 Å². The van der Waals surface area contributed by atoms with Gasteiger partial charge in [0.15, 0.2) is 0 Å². The van der Waals surface area contributed by atoms with Crippen LogP contribution in [0.3, 0.4) is 0 Å². The second-order valence-electron chi connectivity index (χ2n) is 3.26. The van der Waals surface area contributed by atoms with Crippen LogP contribution in [0.25, 0.3) is 0 Å². The minimum absolute atomic E-state index is 0.369. The molecular weight excluding hydrogens is 356 g/mol. The van der Waals surface area contributed by atoms with E-state index in [4.69, 9.17) is 5.11 Å². The second-order valence-corrected chi connectivity index (χ2v) is 5.23. The molecule has 0 heterocycles. The number of aliphatic carboxylic acids is 1. The number of carbonyl (C=O) groups excluding carboxylic acids is 1. The molecule has 4 nitrogen and oxygen atoms in total. The van der Waals surface area contributed by atoms with Gasteiger partial charge in [-0.05, 0) is 17.7 Å². The van der Waals surface area contributed by atoms with Crippen molar-refractivity contribution in [2.75, 3.05) is 7.11 Å². The van der Waals surface area contributed by atoms with Crippen LogP contribution in [0.5, 0.6) is 0 Å². The van der Waals surface area contributed by atoms with Gasteiger partial charge in [-0.25, -0.2) is 4.79 Å². The molecule has 0 aliphatic carbocycles. The van der Waals surface area contributed by atoms with Crippen LogP contribution in [-0.4, -0.2) is 29.0 Å². The Morgan fingerprint density at radius 1 is 1.24 bits per heavy atom. The molecular formula is C11H10Br2O4. The van der Waals surface area contributed by atoms with Crippen LogP contribution < -0.4 is 0 Å². The van der Waals surface area contributed by atoms with Crippen molar-refractivity contribution in [1.82, 2.24) is 0 Å². The van der Waals surface area contributed by atoms with Crippen LogP contribution in [0.15, 0.2) is 24.3 Å². The monoisotopic (exact) mass is 364 g/mol. The van der Waals surface area contributed by atoms with Crippen LogP contribution >= 0.6 is 31.9 Å². The molecule has 2 atom stereocenters. The molecule has 6 heteroatoms. The molecule has 0 spiro atoms. The van der Waals surface area contributed by atoms with Gasteiger partial charge in [0.1, 0.15) is 4.83 Å². The van der Waals surface area contributed by atoms with Gasteiger partial charge >= 0.3 is 11.9 Å².